The van der Waals surface area contributed by atoms with Crippen molar-refractivity contribution >= 4 is 37.5 Å². The number of rotatable bonds is 7. The van der Waals surface area contributed by atoms with Crippen LogP contribution in [0, 0.1) is 12.8 Å². The Labute approximate surface area is 141 Å². The lowest BCUT2D eigenvalue weighted by Gasteiger charge is -2.23. The second-order valence-corrected chi connectivity index (χ2v) is 8.52. The molecular formula is C15H23BrN2O3S. The number of hydrogen-bond donors (Lipinski definition) is 1. The van der Waals surface area contributed by atoms with Crippen LogP contribution < -0.4 is 9.62 Å². The van der Waals surface area contributed by atoms with Gasteiger partial charge in [-0.15, -0.1) is 0 Å². The molecule has 0 aliphatic heterocycles. The van der Waals surface area contributed by atoms with Gasteiger partial charge in [0.2, 0.25) is 15.9 Å². The number of carbonyl (C=O) groups excluding carboxylic acids is 1. The lowest BCUT2D eigenvalue weighted by Crippen LogP contribution is -2.41. The number of benzene rings is 1. The van der Waals surface area contributed by atoms with Crippen LogP contribution in [-0.4, -0.2) is 33.7 Å². The Bertz CT molecular complexity index is 630. The highest BCUT2D eigenvalue weighted by atomic mass is 79.9. The molecule has 0 bridgehead atoms. The number of sulfonamides is 1. The molecule has 0 radical (unpaired) electrons. The Morgan fingerprint density at radius 1 is 1.36 bits per heavy atom. The summed E-state index contributed by atoms with van der Waals surface area (Å²) < 4.78 is 25.8. The quantitative estimate of drug-likeness (QED) is 0.777. The zero-order chi connectivity index (χ0) is 16.9. The number of aryl methyl sites for hydroxylation is 1. The van der Waals surface area contributed by atoms with Crippen LogP contribution in [0.3, 0.4) is 0 Å². The molecule has 0 heterocycles. The molecule has 0 saturated carbocycles. The highest BCUT2D eigenvalue weighted by molar-refractivity contribution is 9.10. The fourth-order valence-corrected chi connectivity index (χ4v) is 3.57. The Morgan fingerprint density at radius 2 is 2.00 bits per heavy atom. The monoisotopic (exact) mass is 390 g/mol. The molecule has 0 spiro atoms. The van der Waals surface area contributed by atoms with Gasteiger partial charge in [0.1, 0.15) is 6.54 Å². The van der Waals surface area contributed by atoms with Crippen molar-refractivity contribution in [2.24, 2.45) is 5.92 Å². The summed E-state index contributed by atoms with van der Waals surface area (Å²) in [5.41, 5.74) is 1.47. The first-order chi connectivity index (χ1) is 10.1. The minimum Gasteiger partial charge on any atom is -0.355 e. The minimum atomic E-state index is -3.55. The van der Waals surface area contributed by atoms with Gasteiger partial charge in [0.15, 0.2) is 0 Å². The molecule has 0 saturated heterocycles. The highest BCUT2D eigenvalue weighted by Crippen LogP contribution is 2.28. The zero-order valence-corrected chi connectivity index (χ0v) is 15.8. The lowest BCUT2D eigenvalue weighted by atomic mass is 10.1. The molecule has 1 rings (SSSR count). The van der Waals surface area contributed by atoms with Gasteiger partial charge in [-0.3, -0.25) is 9.10 Å². The maximum atomic E-state index is 12.0. The topological polar surface area (TPSA) is 66.5 Å². The lowest BCUT2D eigenvalue weighted by molar-refractivity contribution is -0.119. The molecule has 5 nitrogen and oxygen atoms in total. The average molecular weight is 391 g/mol. The van der Waals surface area contributed by atoms with Gasteiger partial charge in [0, 0.05) is 11.0 Å². The van der Waals surface area contributed by atoms with Crippen LogP contribution in [0.4, 0.5) is 5.69 Å². The van der Waals surface area contributed by atoms with Gasteiger partial charge in [-0.2, -0.15) is 0 Å². The number of anilines is 1. The minimum absolute atomic E-state index is 0.224. The third kappa shape index (κ3) is 5.96. The van der Waals surface area contributed by atoms with E-state index in [0.717, 1.165) is 22.5 Å². The van der Waals surface area contributed by atoms with Gasteiger partial charge in [-0.25, -0.2) is 8.42 Å². The summed E-state index contributed by atoms with van der Waals surface area (Å²) in [5, 5.41) is 2.76. The SMILES string of the molecule is Cc1ccc(N(CC(=O)NCCC(C)C)S(C)(=O)=O)c(Br)c1. The van der Waals surface area contributed by atoms with Crippen molar-refractivity contribution in [1.82, 2.24) is 5.32 Å². The zero-order valence-electron chi connectivity index (χ0n) is 13.4. The van der Waals surface area contributed by atoms with Crippen LogP contribution in [0.15, 0.2) is 22.7 Å². The largest absolute Gasteiger partial charge is 0.355 e. The van der Waals surface area contributed by atoms with Crippen LogP contribution in [-0.2, 0) is 14.8 Å². The fourth-order valence-electron chi connectivity index (χ4n) is 1.88. The molecule has 0 fully saturated rings. The van der Waals surface area contributed by atoms with Gasteiger partial charge in [0.25, 0.3) is 0 Å². The number of halogens is 1. The van der Waals surface area contributed by atoms with Gasteiger partial charge >= 0.3 is 0 Å². The molecule has 124 valence electrons. The summed E-state index contributed by atoms with van der Waals surface area (Å²) in [5.74, 6) is 0.177. The Balaban J connectivity index is 2.89. The second-order valence-electron chi connectivity index (χ2n) is 5.76. The van der Waals surface area contributed by atoms with Gasteiger partial charge in [0.05, 0.1) is 11.9 Å². The van der Waals surface area contributed by atoms with E-state index in [4.69, 9.17) is 0 Å². The van der Waals surface area contributed by atoms with E-state index in [1.807, 2.05) is 19.1 Å². The van der Waals surface area contributed by atoms with Crippen molar-refractivity contribution in [1.29, 1.82) is 0 Å². The summed E-state index contributed by atoms with van der Waals surface area (Å²) in [4.78, 5) is 12.0. The van der Waals surface area contributed by atoms with Crippen molar-refractivity contribution in [2.45, 2.75) is 27.2 Å². The van der Waals surface area contributed by atoms with Crippen molar-refractivity contribution in [3.63, 3.8) is 0 Å². The van der Waals surface area contributed by atoms with E-state index >= 15 is 0 Å². The van der Waals surface area contributed by atoms with E-state index in [1.165, 1.54) is 0 Å². The van der Waals surface area contributed by atoms with E-state index in [2.05, 4.69) is 35.1 Å². The van der Waals surface area contributed by atoms with Crippen LogP contribution in [0.1, 0.15) is 25.8 Å². The molecule has 1 N–H and O–H groups in total. The first-order valence-electron chi connectivity index (χ1n) is 7.12. The van der Waals surface area contributed by atoms with E-state index in [-0.39, 0.29) is 12.5 Å². The number of nitrogens with zero attached hydrogens (tertiary/aromatic N) is 1. The van der Waals surface area contributed by atoms with E-state index < -0.39 is 10.0 Å². The smallest absolute Gasteiger partial charge is 0.240 e. The number of amides is 1. The predicted octanol–water partition coefficient (Wildman–Crippen LogP) is 2.69. The first kappa shape index (κ1) is 19.0. The summed E-state index contributed by atoms with van der Waals surface area (Å²) >= 11 is 3.36. The van der Waals surface area contributed by atoms with E-state index in [9.17, 15) is 13.2 Å². The van der Waals surface area contributed by atoms with Crippen molar-refractivity contribution in [2.75, 3.05) is 23.7 Å². The van der Waals surface area contributed by atoms with E-state index in [0.29, 0.717) is 22.6 Å². The molecule has 7 heteroatoms. The second kappa shape index (κ2) is 7.97. The van der Waals surface area contributed by atoms with Crippen LogP contribution >= 0.6 is 15.9 Å². The number of hydrogen-bond acceptors (Lipinski definition) is 3. The predicted molar refractivity (Wildman–Crippen MR) is 93.5 cm³/mol. The average Bonchev–Trinajstić information content (AvgIpc) is 2.35. The van der Waals surface area contributed by atoms with Crippen LogP contribution in [0.5, 0.6) is 0 Å². The third-order valence-corrected chi connectivity index (χ3v) is 4.86. The molecule has 1 amide bonds. The number of carbonyl (C=O) groups is 1. The Morgan fingerprint density at radius 3 is 2.50 bits per heavy atom. The highest BCUT2D eigenvalue weighted by Gasteiger charge is 2.22. The summed E-state index contributed by atoms with van der Waals surface area (Å²) in [6.07, 6.45) is 1.96. The normalized spacial score (nSPS) is 11.5. The van der Waals surface area contributed by atoms with Crippen molar-refractivity contribution in [3.05, 3.63) is 28.2 Å². The molecule has 0 aliphatic rings. The first-order valence-corrected chi connectivity index (χ1v) is 9.76. The molecular weight excluding hydrogens is 368 g/mol. The maximum absolute atomic E-state index is 12.0. The molecule has 22 heavy (non-hydrogen) atoms. The molecule has 1 aromatic carbocycles. The maximum Gasteiger partial charge on any atom is 0.240 e. The van der Waals surface area contributed by atoms with Gasteiger partial charge in [-0.1, -0.05) is 19.9 Å². The molecule has 0 atom stereocenters. The number of nitrogens with one attached hydrogen (secondary N) is 1. The van der Waals surface area contributed by atoms with Crippen molar-refractivity contribution in [3.8, 4) is 0 Å². The van der Waals surface area contributed by atoms with Gasteiger partial charge in [-0.05, 0) is 52.9 Å². The van der Waals surface area contributed by atoms with Gasteiger partial charge < -0.3 is 5.32 Å². The van der Waals surface area contributed by atoms with Crippen molar-refractivity contribution < 1.29 is 13.2 Å². The standard InChI is InChI=1S/C15H23BrN2O3S/c1-11(2)7-8-17-15(19)10-18(22(4,20)21)14-6-5-12(3)9-13(14)16/h5-6,9,11H,7-8,10H2,1-4H3,(H,17,19). The molecule has 0 aromatic heterocycles. The van der Waals surface area contributed by atoms with Crippen LogP contribution in [0.25, 0.3) is 0 Å². The fraction of sp³-hybridized carbons (Fsp3) is 0.533. The van der Waals surface area contributed by atoms with E-state index in [1.54, 1.807) is 6.07 Å². The summed E-state index contributed by atoms with van der Waals surface area (Å²) in [6.45, 7) is 6.37. The Kier molecular flexibility index (Phi) is 6.87. The Hall–Kier alpha value is -1.08. The summed E-state index contributed by atoms with van der Waals surface area (Å²) in [7, 11) is -3.55. The summed E-state index contributed by atoms with van der Waals surface area (Å²) in [6, 6.07) is 5.33. The van der Waals surface area contributed by atoms with Crippen LogP contribution in [0.2, 0.25) is 0 Å². The molecule has 1 aromatic rings. The molecule has 0 aliphatic carbocycles. The molecule has 0 unspecified atom stereocenters. The third-order valence-electron chi connectivity index (χ3n) is 3.10.